The number of carbonyl (C=O) groups is 1. The number of hydrogen-bond acceptors (Lipinski definition) is 4. The molecule has 4 nitrogen and oxygen atoms in total. The van der Waals surface area contributed by atoms with Crippen LogP contribution in [0.5, 0.6) is 5.75 Å². The van der Waals surface area contributed by atoms with E-state index < -0.39 is 0 Å². The Morgan fingerprint density at radius 1 is 1.00 bits per heavy atom. The minimum atomic E-state index is -0.305. The van der Waals surface area contributed by atoms with Crippen LogP contribution >= 0.6 is 35.0 Å². The molecule has 1 heterocycles. The van der Waals surface area contributed by atoms with E-state index in [9.17, 15) is 9.18 Å². The molecule has 1 amide bonds. The third kappa shape index (κ3) is 5.67. The Morgan fingerprint density at radius 3 is 2.45 bits per heavy atom. The number of nitrogens with one attached hydrogen (secondary N) is 1. The third-order valence-corrected chi connectivity index (χ3v) is 5.67. The first-order valence-corrected chi connectivity index (χ1v) is 10.8. The summed E-state index contributed by atoms with van der Waals surface area (Å²) >= 11 is 13.3. The Labute approximate surface area is 192 Å². The van der Waals surface area contributed by atoms with Gasteiger partial charge in [0.1, 0.15) is 18.2 Å². The third-order valence-electron chi connectivity index (χ3n) is 4.27. The van der Waals surface area contributed by atoms with Gasteiger partial charge in [-0.3, -0.25) is 4.79 Å². The summed E-state index contributed by atoms with van der Waals surface area (Å²) in [4.78, 5) is 17.3. The van der Waals surface area contributed by atoms with Gasteiger partial charge in [0.2, 0.25) is 0 Å². The summed E-state index contributed by atoms with van der Waals surface area (Å²) in [6.45, 7) is 0.251. The highest BCUT2D eigenvalue weighted by Crippen LogP contribution is 2.32. The zero-order chi connectivity index (χ0) is 21.8. The second kappa shape index (κ2) is 9.56. The molecule has 3 aromatic rings. The van der Waals surface area contributed by atoms with Gasteiger partial charge in [-0.25, -0.2) is 9.38 Å². The summed E-state index contributed by atoms with van der Waals surface area (Å²) in [6, 6.07) is 18.2. The van der Waals surface area contributed by atoms with E-state index in [0.717, 1.165) is 5.56 Å². The molecule has 1 aliphatic rings. The van der Waals surface area contributed by atoms with E-state index >= 15 is 0 Å². The van der Waals surface area contributed by atoms with Gasteiger partial charge < -0.3 is 10.1 Å². The Morgan fingerprint density at radius 2 is 1.71 bits per heavy atom. The molecule has 1 fully saturated rings. The van der Waals surface area contributed by atoms with E-state index in [-0.39, 0.29) is 18.3 Å². The van der Waals surface area contributed by atoms with Crippen LogP contribution in [-0.2, 0) is 11.4 Å². The van der Waals surface area contributed by atoms with Crippen LogP contribution < -0.4 is 10.1 Å². The van der Waals surface area contributed by atoms with Crippen LogP contribution in [0.3, 0.4) is 0 Å². The van der Waals surface area contributed by atoms with Crippen molar-refractivity contribution in [3.05, 3.63) is 98.6 Å². The van der Waals surface area contributed by atoms with Gasteiger partial charge in [0.05, 0.1) is 10.6 Å². The van der Waals surface area contributed by atoms with Gasteiger partial charge in [0.15, 0.2) is 5.17 Å². The van der Waals surface area contributed by atoms with Crippen molar-refractivity contribution in [1.29, 1.82) is 0 Å². The number of carbonyl (C=O) groups excluding carboxylic acids is 1. The summed E-state index contributed by atoms with van der Waals surface area (Å²) in [7, 11) is 0. The van der Waals surface area contributed by atoms with Gasteiger partial charge in [-0.1, -0.05) is 35.3 Å². The molecule has 4 rings (SSSR count). The fourth-order valence-electron chi connectivity index (χ4n) is 2.76. The van der Waals surface area contributed by atoms with Gasteiger partial charge in [0, 0.05) is 15.6 Å². The molecule has 156 valence electrons. The van der Waals surface area contributed by atoms with Crippen molar-refractivity contribution in [3.63, 3.8) is 0 Å². The standard InChI is InChI=1S/C23H15Cl2FN2O2S/c24-16-3-8-19(9-4-16)27-23-28-22(29)21(31-23)12-15-11-17(25)5-10-20(15)30-13-14-1-6-18(26)7-2-14/h1-12H,13H2,(H,27,28,29)/b21-12-. The molecule has 0 spiro atoms. The molecule has 3 aromatic carbocycles. The highest BCUT2D eigenvalue weighted by atomic mass is 35.5. The summed E-state index contributed by atoms with van der Waals surface area (Å²) in [5.41, 5.74) is 2.15. The monoisotopic (exact) mass is 472 g/mol. The molecule has 0 radical (unpaired) electrons. The van der Waals surface area contributed by atoms with Crippen LogP contribution in [0.25, 0.3) is 6.08 Å². The second-order valence-corrected chi connectivity index (χ2v) is 8.46. The van der Waals surface area contributed by atoms with Gasteiger partial charge >= 0.3 is 0 Å². The lowest BCUT2D eigenvalue weighted by Crippen LogP contribution is -2.19. The smallest absolute Gasteiger partial charge is 0.264 e. The molecule has 8 heteroatoms. The van der Waals surface area contributed by atoms with Gasteiger partial charge in [-0.05, 0) is 78.0 Å². The predicted octanol–water partition coefficient (Wildman–Crippen LogP) is 6.60. The van der Waals surface area contributed by atoms with Crippen LogP contribution in [-0.4, -0.2) is 11.1 Å². The molecule has 0 atom stereocenters. The first kappa shape index (κ1) is 21.4. The summed E-state index contributed by atoms with van der Waals surface area (Å²) in [5, 5.41) is 4.34. The predicted molar refractivity (Wildman–Crippen MR) is 124 cm³/mol. The first-order valence-electron chi connectivity index (χ1n) is 9.18. The molecule has 0 aromatic heterocycles. The lowest BCUT2D eigenvalue weighted by molar-refractivity contribution is -0.115. The molecule has 0 aliphatic carbocycles. The van der Waals surface area contributed by atoms with E-state index in [1.807, 2.05) is 0 Å². The number of ether oxygens (including phenoxy) is 1. The van der Waals surface area contributed by atoms with E-state index in [4.69, 9.17) is 27.9 Å². The topological polar surface area (TPSA) is 50.7 Å². The normalized spacial score (nSPS) is 16.0. The summed E-state index contributed by atoms with van der Waals surface area (Å²) in [6.07, 6.45) is 1.70. The van der Waals surface area contributed by atoms with E-state index in [2.05, 4.69) is 10.3 Å². The van der Waals surface area contributed by atoms with Gasteiger partial charge in [-0.2, -0.15) is 0 Å². The zero-order valence-electron chi connectivity index (χ0n) is 15.9. The lowest BCUT2D eigenvalue weighted by Gasteiger charge is -2.10. The average molecular weight is 473 g/mol. The molecule has 1 N–H and O–H groups in total. The maximum Gasteiger partial charge on any atom is 0.264 e. The van der Waals surface area contributed by atoms with E-state index in [0.29, 0.717) is 37.1 Å². The number of amidine groups is 1. The largest absolute Gasteiger partial charge is 0.488 e. The first-order chi connectivity index (χ1) is 15.0. The molecule has 0 saturated carbocycles. The molecular formula is C23H15Cl2FN2O2S. The quantitative estimate of drug-likeness (QED) is 0.425. The van der Waals surface area contributed by atoms with Crippen molar-refractivity contribution in [1.82, 2.24) is 5.32 Å². The van der Waals surface area contributed by atoms with Gasteiger partial charge in [-0.15, -0.1) is 0 Å². The minimum Gasteiger partial charge on any atom is -0.488 e. The van der Waals surface area contributed by atoms with Crippen LogP contribution in [0, 0.1) is 5.82 Å². The van der Waals surface area contributed by atoms with Crippen molar-refractivity contribution in [3.8, 4) is 5.75 Å². The Bertz CT molecular complexity index is 1180. The summed E-state index contributed by atoms with van der Waals surface area (Å²) in [5.74, 6) is -0.0131. The number of halogens is 3. The lowest BCUT2D eigenvalue weighted by atomic mass is 10.1. The maximum absolute atomic E-state index is 13.1. The molecule has 1 aliphatic heterocycles. The van der Waals surface area contributed by atoms with Crippen molar-refractivity contribution in [2.24, 2.45) is 4.99 Å². The average Bonchev–Trinajstić information content (AvgIpc) is 3.09. The Balaban J connectivity index is 1.54. The van der Waals surface area contributed by atoms with Crippen LogP contribution in [0.4, 0.5) is 10.1 Å². The maximum atomic E-state index is 13.1. The van der Waals surface area contributed by atoms with Crippen molar-refractivity contribution in [2.45, 2.75) is 6.61 Å². The molecule has 1 saturated heterocycles. The highest BCUT2D eigenvalue weighted by Gasteiger charge is 2.24. The van der Waals surface area contributed by atoms with Crippen LogP contribution in [0.1, 0.15) is 11.1 Å². The van der Waals surface area contributed by atoms with Crippen LogP contribution in [0.15, 0.2) is 76.6 Å². The van der Waals surface area contributed by atoms with E-state index in [1.54, 1.807) is 60.7 Å². The van der Waals surface area contributed by atoms with E-state index in [1.165, 1.54) is 23.9 Å². The zero-order valence-corrected chi connectivity index (χ0v) is 18.3. The molecule has 0 unspecified atom stereocenters. The number of nitrogens with zero attached hydrogens (tertiary/aromatic N) is 1. The molecular weight excluding hydrogens is 458 g/mol. The number of thioether (sulfide) groups is 1. The number of benzene rings is 3. The fourth-order valence-corrected chi connectivity index (χ4v) is 3.90. The fraction of sp³-hybridized carbons (Fsp3) is 0.0435. The second-order valence-electron chi connectivity index (χ2n) is 6.56. The van der Waals surface area contributed by atoms with Crippen molar-refractivity contribution in [2.75, 3.05) is 0 Å². The van der Waals surface area contributed by atoms with Crippen molar-refractivity contribution < 1.29 is 13.9 Å². The Hall–Kier alpha value is -2.80. The van der Waals surface area contributed by atoms with Crippen LogP contribution in [0.2, 0.25) is 10.0 Å². The highest BCUT2D eigenvalue weighted by molar-refractivity contribution is 8.18. The van der Waals surface area contributed by atoms with Crippen molar-refractivity contribution >= 4 is 57.8 Å². The number of amides is 1. The summed E-state index contributed by atoms with van der Waals surface area (Å²) < 4.78 is 19.0. The minimum absolute atomic E-state index is 0.251. The molecule has 0 bridgehead atoms. The Kier molecular flexibility index (Phi) is 6.61. The molecule has 31 heavy (non-hydrogen) atoms. The number of aliphatic imine (C=N–C) groups is 1. The SMILES string of the molecule is O=C1NC(=Nc2ccc(Cl)cc2)S/C1=C\c1cc(Cl)ccc1OCc1ccc(F)cc1. The van der Waals surface area contributed by atoms with Gasteiger partial charge in [0.25, 0.3) is 5.91 Å². The number of hydrogen-bond donors (Lipinski definition) is 1. The number of rotatable bonds is 5.